The minimum Gasteiger partial charge on any atom is -0.494 e. The molecule has 0 bridgehead atoms. The van der Waals surface area contributed by atoms with E-state index in [0.29, 0.717) is 18.7 Å². The van der Waals surface area contributed by atoms with E-state index >= 15 is 0 Å². The summed E-state index contributed by atoms with van der Waals surface area (Å²) in [6.45, 7) is 8.23. The van der Waals surface area contributed by atoms with E-state index in [2.05, 4.69) is 43.2 Å². The Balaban J connectivity index is 2.68. The average Bonchev–Trinajstić information content (AvgIpc) is 2.45. The highest BCUT2D eigenvalue weighted by molar-refractivity contribution is 5.29. The summed E-state index contributed by atoms with van der Waals surface area (Å²) in [7, 11) is 4.21. The van der Waals surface area contributed by atoms with Gasteiger partial charge in [-0.05, 0) is 52.1 Å². The molecule has 1 aromatic rings. The maximum Gasteiger partial charge on any atom is 0.119 e. The SMILES string of the molecule is CCOc1ccc(C(CN(C)C(C)CC)NC)cc1. The van der Waals surface area contributed by atoms with Gasteiger partial charge in [-0.1, -0.05) is 19.1 Å². The van der Waals surface area contributed by atoms with Crippen LogP contribution in [0.15, 0.2) is 24.3 Å². The van der Waals surface area contributed by atoms with Gasteiger partial charge in [0.05, 0.1) is 6.61 Å². The van der Waals surface area contributed by atoms with Gasteiger partial charge in [-0.3, -0.25) is 0 Å². The fourth-order valence-corrected chi connectivity index (χ4v) is 2.11. The molecule has 2 atom stereocenters. The molecule has 0 saturated carbocycles. The zero-order valence-corrected chi connectivity index (χ0v) is 12.9. The first-order valence-electron chi connectivity index (χ1n) is 7.22. The van der Waals surface area contributed by atoms with Crippen LogP contribution >= 0.6 is 0 Å². The number of benzene rings is 1. The van der Waals surface area contributed by atoms with Crippen molar-refractivity contribution in [2.45, 2.75) is 39.3 Å². The number of likely N-dealkylation sites (N-methyl/N-ethyl adjacent to an activating group) is 2. The first-order valence-corrected chi connectivity index (χ1v) is 7.22. The highest BCUT2D eigenvalue weighted by Crippen LogP contribution is 2.19. The van der Waals surface area contributed by atoms with Crippen LogP contribution in [0.5, 0.6) is 5.75 Å². The maximum absolute atomic E-state index is 5.48. The summed E-state index contributed by atoms with van der Waals surface area (Å²) in [5, 5.41) is 3.40. The lowest BCUT2D eigenvalue weighted by molar-refractivity contribution is 0.228. The van der Waals surface area contributed by atoms with Crippen LogP contribution in [0.4, 0.5) is 0 Å². The Morgan fingerprint density at radius 1 is 1.21 bits per heavy atom. The first kappa shape index (κ1) is 16.0. The molecule has 19 heavy (non-hydrogen) atoms. The predicted molar refractivity (Wildman–Crippen MR) is 81.8 cm³/mol. The van der Waals surface area contributed by atoms with Crippen molar-refractivity contribution in [3.05, 3.63) is 29.8 Å². The van der Waals surface area contributed by atoms with Gasteiger partial charge in [-0.25, -0.2) is 0 Å². The van der Waals surface area contributed by atoms with Gasteiger partial charge >= 0.3 is 0 Å². The van der Waals surface area contributed by atoms with Gasteiger partial charge in [0.25, 0.3) is 0 Å². The molecular formula is C16H28N2O. The molecule has 0 saturated heterocycles. The van der Waals surface area contributed by atoms with Crippen molar-refractivity contribution in [2.24, 2.45) is 0 Å². The number of ether oxygens (including phenoxy) is 1. The van der Waals surface area contributed by atoms with E-state index in [4.69, 9.17) is 4.74 Å². The summed E-state index contributed by atoms with van der Waals surface area (Å²) in [6.07, 6.45) is 1.18. The van der Waals surface area contributed by atoms with Crippen molar-refractivity contribution in [3.63, 3.8) is 0 Å². The Morgan fingerprint density at radius 3 is 2.32 bits per heavy atom. The van der Waals surface area contributed by atoms with Crippen LogP contribution in [0.2, 0.25) is 0 Å². The third-order valence-corrected chi connectivity index (χ3v) is 3.76. The van der Waals surface area contributed by atoms with E-state index in [9.17, 15) is 0 Å². The van der Waals surface area contributed by atoms with Crippen LogP contribution in [0, 0.1) is 0 Å². The molecule has 0 aromatic heterocycles. The highest BCUT2D eigenvalue weighted by Gasteiger charge is 2.15. The molecule has 0 fully saturated rings. The molecule has 0 aliphatic heterocycles. The molecule has 0 aliphatic carbocycles. The minimum absolute atomic E-state index is 0.356. The van der Waals surface area contributed by atoms with Crippen LogP contribution in [0.1, 0.15) is 38.8 Å². The van der Waals surface area contributed by atoms with Gasteiger partial charge in [0.15, 0.2) is 0 Å². The lowest BCUT2D eigenvalue weighted by Gasteiger charge is -2.28. The van der Waals surface area contributed by atoms with E-state index in [1.165, 1.54) is 12.0 Å². The normalized spacial score (nSPS) is 14.4. The third kappa shape index (κ3) is 4.84. The number of nitrogens with zero attached hydrogens (tertiary/aromatic N) is 1. The Hall–Kier alpha value is -1.06. The van der Waals surface area contributed by atoms with Crippen molar-refractivity contribution in [3.8, 4) is 5.75 Å². The summed E-state index contributed by atoms with van der Waals surface area (Å²) in [5.41, 5.74) is 1.31. The molecule has 1 rings (SSSR count). The van der Waals surface area contributed by atoms with Crippen LogP contribution in [-0.2, 0) is 0 Å². The van der Waals surface area contributed by atoms with Crippen molar-refractivity contribution in [1.29, 1.82) is 0 Å². The summed E-state index contributed by atoms with van der Waals surface area (Å²) in [6, 6.07) is 9.36. The molecule has 1 aromatic carbocycles. The van der Waals surface area contributed by atoms with E-state index < -0.39 is 0 Å². The van der Waals surface area contributed by atoms with Crippen molar-refractivity contribution < 1.29 is 4.74 Å². The minimum atomic E-state index is 0.356. The number of hydrogen-bond donors (Lipinski definition) is 1. The fourth-order valence-electron chi connectivity index (χ4n) is 2.11. The number of hydrogen-bond acceptors (Lipinski definition) is 3. The molecule has 0 amide bonds. The van der Waals surface area contributed by atoms with Crippen LogP contribution in [0.3, 0.4) is 0 Å². The zero-order chi connectivity index (χ0) is 14.3. The molecule has 0 spiro atoms. The van der Waals surface area contributed by atoms with Gasteiger partial charge in [-0.2, -0.15) is 0 Å². The predicted octanol–water partition coefficient (Wildman–Crippen LogP) is 3.08. The van der Waals surface area contributed by atoms with Gasteiger partial charge in [0.1, 0.15) is 5.75 Å². The van der Waals surface area contributed by atoms with Crippen LogP contribution in [-0.4, -0.2) is 38.2 Å². The first-order chi connectivity index (χ1) is 9.12. The van der Waals surface area contributed by atoms with E-state index in [0.717, 1.165) is 12.3 Å². The average molecular weight is 264 g/mol. The molecule has 3 nitrogen and oxygen atoms in total. The fraction of sp³-hybridized carbons (Fsp3) is 0.625. The largest absolute Gasteiger partial charge is 0.494 e. The molecular weight excluding hydrogens is 236 g/mol. The standard InChI is InChI=1S/C16H28N2O/c1-6-13(3)18(5)12-16(17-4)14-8-10-15(11-9-14)19-7-2/h8-11,13,16-17H,6-7,12H2,1-5H3. The number of nitrogens with one attached hydrogen (secondary N) is 1. The Morgan fingerprint density at radius 2 is 1.84 bits per heavy atom. The molecule has 0 heterocycles. The second-order valence-electron chi connectivity index (χ2n) is 5.04. The molecule has 0 radical (unpaired) electrons. The van der Waals surface area contributed by atoms with Gasteiger partial charge in [-0.15, -0.1) is 0 Å². The smallest absolute Gasteiger partial charge is 0.119 e. The molecule has 3 heteroatoms. The maximum atomic E-state index is 5.48. The van der Waals surface area contributed by atoms with Gasteiger partial charge in [0, 0.05) is 18.6 Å². The van der Waals surface area contributed by atoms with E-state index in [1.807, 2.05) is 26.1 Å². The summed E-state index contributed by atoms with van der Waals surface area (Å²) < 4.78 is 5.48. The molecule has 108 valence electrons. The summed E-state index contributed by atoms with van der Waals surface area (Å²) in [5.74, 6) is 0.941. The van der Waals surface area contributed by atoms with E-state index in [1.54, 1.807) is 0 Å². The Labute approximate surface area is 118 Å². The highest BCUT2D eigenvalue weighted by atomic mass is 16.5. The zero-order valence-electron chi connectivity index (χ0n) is 12.9. The number of rotatable bonds is 8. The van der Waals surface area contributed by atoms with E-state index in [-0.39, 0.29) is 0 Å². The van der Waals surface area contributed by atoms with Crippen molar-refractivity contribution >= 4 is 0 Å². The molecule has 1 N–H and O–H groups in total. The van der Waals surface area contributed by atoms with Crippen molar-refractivity contribution in [1.82, 2.24) is 10.2 Å². The lowest BCUT2D eigenvalue weighted by atomic mass is 10.1. The van der Waals surface area contributed by atoms with Gasteiger partial charge in [0.2, 0.25) is 0 Å². The van der Waals surface area contributed by atoms with Gasteiger partial charge < -0.3 is 15.0 Å². The summed E-state index contributed by atoms with van der Waals surface area (Å²) >= 11 is 0. The second kappa shape index (κ2) is 8.18. The Bertz CT molecular complexity index is 350. The van der Waals surface area contributed by atoms with Crippen LogP contribution in [0.25, 0.3) is 0 Å². The monoisotopic (exact) mass is 264 g/mol. The topological polar surface area (TPSA) is 24.5 Å². The quantitative estimate of drug-likeness (QED) is 0.781. The lowest BCUT2D eigenvalue weighted by Crippen LogP contribution is -2.36. The third-order valence-electron chi connectivity index (χ3n) is 3.76. The Kier molecular flexibility index (Phi) is 6.89. The van der Waals surface area contributed by atoms with Crippen LogP contribution < -0.4 is 10.1 Å². The second-order valence-corrected chi connectivity index (χ2v) is 5.04. The van der Waals surface area contributed by atoms with Crippen molar-refractivity contribution in [2.75, 3.05) is 27.2 Å². The molecule has 0 aliphatic rings. The molecule has 2 unspecified atom stereocenters. The summed E-state index contributed by atoms with van der Waals surface area (Å²) in [4.78, 5) is 2.40.